The molecule has 0 aliphatic heterocycles. The summed E-state index contributed by atoms with van der Waals surface area (Å²) in [5.74, 6) is -0.781. The zero-order valence-corrected chi connectivity index (χ0v) is 15.3. The van der Waals surface area contributed by atoms with Crippen LogP contribution in [0.2, 0.25) is 0 Å². The molecule has 0 bridgehead atoms. The Morgan fingerprint density at radius 1 is 1.00 bits per heavy atom. The second kappa shape index (κ2) is 9.38. The number of carbonyl (C=O) groups excluding carboxylic acids is 2. The summed E-state index contributed by atoms with van der Waals surface area (Å²) in [7, 11) is 0. The molecule has 2 aromatic rings. The van der Waals surface area contributed by atoms with E-state index in [0.29, 0.717) is 19.4 Å². The van der Waals surface area contributed by atoms with Gasteiger partial charge in [0.05, 0.1) is 6.61 Å². The summed E-state index contributed by atoms with van der Waals surface area (Å²) in [5.41, 5.74) is 2.16. The molecule has 24 heavy (non-hydrogen) atoms. The van der Waals surface area contributed by atoms with E-state index in [9.17, 15) is 9.59 Å². The molecule has 0 saturated carbocycles. The molecule has 2 aromatic carbocycles. The van der Waals surface area contributed by atoms with Crippen molar-refractivity contribution in [2.45, 2.75) is 26.2 Å². The third-order valence-electron chi connectivity index (χ3n) is 3.83. The van der Waals surface area contributed by atoms with Crippen LogP contribution in [-0.2, 0) is 27.2 Å². The maximum atomic E-state index is 12.6. The average molecular weight is 389 g/mol. The summed E-state index contributed by atoms with van der Waals surface area (Å²) in [6, 6.07) is 17.7. The molecule has 2 rings (SSSR count). The minimum Gasteiger partial charge on any atom is -0.466 e. The van der Waals surface area contributed by atoms with Crippen molar-refractivity contribution in [2.75, 3.05) is 6.61 Å². The molecular formula is C20H21BrO3. The van der Waals surface area contributed by atoms with Crippen molar-refractivity contribution >= 4 is 27.7 Å². The highest BCUT2D eigenvalue weighted by atomic mass is 79.9. The van der Waals surface area contributed by atoms with E-state index < -0.39 is 5.97 Å². The van der Waals surface area contributed by atoms with Crippen LogP contribution in [0.25, 0.3) is 0 Å². The van der Waals surface area contributed by atoms with Gasteiger partial charge in [0.1, 0.15) is 12.2 Å². The maximum Gasteiger partial charge on any atom is 0.313 e. The van der Waals surface area contributed by atoms with Crippen molar-refractivity contribution in [1.82, 2.24) is 0 Å². The molecule has 126 valence electrons. The predicted octanol–water partition coefficient (Wildman–Crippen LogP) is 4.37. The van der Waals surface area contributed by atoms with Gasteiger partial charge < -0.3 is 4.74 Å². The largest absolute Gasteiger partial charge is 0.466 e. The second-order valence-corrected chi connectivity index (χ2v) is 6.48. The van der Waals surface area contributed by atoms with Gasteiger partial charge in [-0.25, -0.2) is 0 Å². The summed E-state index contributed by atoms with van der Waals surface area (Å²) >= 11 is 3.53. The Bertz CT molecular complexity index is 682. The van der Waals surface area contributed by atoms with Crippen molar-refractivity contribution in [1.29, 1.82) is 0 Å². The highest BCUT2D eigenvalue weighted by Gasteiger charge is 2.23. The number of Topliss-reactive ketones (excluding diaryl/α,β-unsaturated/α-hetero) is 1. The molecule has 0 radical (unpaired) electrons. The molecule has 3 nitrogen and oxygen atoms in total. The lowest BCUT2D eigenvalue weighted by atomic mass is 9.88. The summed E-state index contributed by atoms with van der Waals surface area (Å²) in [6.07, 6.45) is 1.03. The Hall–Kier alpha value is -1.94. The SMILES string of the molecule is CCOC(=O)CC(=O)C(Cc1ccccc1)Cc1ccccc1Br. The lowest BCUT2D eigenvalue weighted by Gasteiger charge is -2.17. The number of carbonyl (C=O) groups is 2. The van der Waals surface area contributed by atoms with E-state index in [2.05, 4.69) is 15.9 Å². The van der Waals surface area contributed by atoms with Gasteiger partial charge in [0.25, 0.3) is 0 Å². The number of esters is 1. The number of ketones is 1. The molecule has 0 aliphatic rings. The van der Waals surface area contributed by atoms with E-state index in [1.165, 1.54) is 0 Å². The van der Waals surface area contributed by atoms with Gasteiger partial charge in [0.15, 0.2) is 0 Å². The van der Waals surface area contributed by atoms with E-state index in [-0.39, 0.29) is 18.1 Å². The number of ether oxygens (including phenoxy) is 1. The van der Waals surface area contributed by atoms with E-state index in [1.807, 2.05) is 54.6 Å². The van der Waals surface area contributed by atoms with Crippen molar-refractivity contribution in [3.05, 3.63) is 70.2 Å². The van der Waals surface area contributed by atoms with Crippen LogP contribution in [0.1, 0.15) is 24.5 Å². The smallest absolute Gasteiger partial charge is 0.313 e. The van der Waals surface area contributed by atoms with Gasteiger partial charge in [-0.3, -0.25) is 9.59 Å². The Morgan fingerprint density at radius 3 is 2.33 bits per heavy atom. The number of benzene rings is 2. The summed E-state index contributed by atoms with van der Waals surface area (Å²) in [6.45, 7) is 2.03. The van der Waals surface area contributed by atoms with E-state index >= 15 is 0 Å². The highest BCUT2D eigenvalue weighted by Crippen LogP contribution is 2.23. The van der Waals surface area contributed by atoms with Crippen molar-refractivity contribution < 1.29 is 14.3 Å². The monoisotopic (exact) mass is 388 g/mol. The van der Waals surface area contributed by atoms with Crippen LogP contribution in [0.15, 0.2) is 59.1 Å². The van der Waals surface area contributed by atoms with Gasteiger partial charge in [-0.15, -0.1) is 0 Å². The van der Waals surface area contributed by atoms with Crippen LogP contribution < -0.4 is 0 Å². The van der Waals surface area contributed by atoms with Crippen molar-refractivity contribution in [3.63, 3.8) is 0 Å². The van der Waals surface area contributed by atoms with Crippen LogP contribution in [-0.4, -0.2) is 18.4 Å². The third-order valence-corrected chi connectivity index (χ3v) is 4.60. The molecule has 0 aliphatic carbocycles. The molecule has 0 saturated heterocycles. The Labute approximate surface area is 151 Å². The Morgan fingerprint density at radius 2 is 1.67 bits per heavy atom. The fraction of sp³-hybridized carbons (Fsp3) is 0.300. The molecular weight excluding hydrogens is 368 g/mol. The van der Waals surface area contributed by atoms with Gasteiger partial charge in [0, 0.05) is 10.4 Å². The van der Waals surface area contributed by atoms with Crippen LogP contribution in [0.4, 0.5) is 0 Å². The topological polar surface area (TPSA) is 43.4 Å². The second-order valence-electron chi connectivity index (χ2n) is 5.63. The molecule has 4 heteroatoms. The van der Waals surface area contributed by atoms with Crippen LogP contribution in [0.5, 0.6) is 0 Å². The summed E-state index contributed by atoms with van der Waals surface area (Å²) in [4.78, 5) is 24.3. The lowest BCUT2D eigenvalue weighted by Crippen LogP contribution is -2.23. The molecule has 0 aromatic heterocycles. The standard InChI is InChI=1S/C20H21BrO3/c1-2-24-20(23)14-19(22)17(12-15-8-4-3-5-9-15)13-16-10-6-7-11-18(16)21/h3-11,17H,2,12-14H2,1H3. The van der Waals surface area contributed by atoms with Crippen LogP contribution in [0, 0.1) is 5.92 Å². The number of rotatable bonds is 8. The number of hydrogen-bond donors (Lipinski definition) is 0. The quantitative estimate of drug-likeness (QED) is 0.497. The Balaban J connectivity index is 2.16. The van der Waals surface area contributed by atoms with Gasteiger partial charge in [-0.2, -0.15) is 0 Å². The van der Waals surface area contributed by atoms with Gasteiger partial charge in [-0.1, -0.05) is 64.5 Å². The van der Waals surface area contributed by atoms with Crippen LogP contribution in [0.3, 0.4) is 0 Å². The lowest BCUT2D eigenvalue weighted by molar-refractivity contribution is -0.146. The number of hydrogen-bond acceptors (Lipinski definition) is 3. The first-order chi connectivity index (χ1) is 11.6. The predicted molar refractivity (Wildman–Crippen MR) is 97.7 cm³/mol. The molecule has 1 unspecified atom stereocenters. The van der Waals surface area contributed by atoms with Gasteiger partial charge in [0.2, 0.25) is 0 Å². The fourth-order valence-corrected chi connectivity index (χ4v) is 3.07. The minimum atomic E-state index is -0.451. The van der Waals surface area contributed by atoms with Crippen molar-refractivity contribution in [2.24, 2.45) is 5.92 Å². The molecule has 1 atom stereocenters. The third kappa shape index (κ3) is 5.60. The molecule has 0 heterocycles. The zero-order valence-electron chi connectivity index (χ0n) is 13.7. The molecule has 0 amide bonds. The molecule has 0 spiro atoms. The van der Waals surface area contributed by atoms with Gasteiger partial charge >= 0.3 is 5.97 Å². The van der Waals surface area contributed by atoms with E-state index in [0.717, 1.165) is 15.6 Å². The summed E-state index contributed by atoms with van der Waals surface area (Å²) in [5, 5.41) is 0. The first-order valence-corrected chi connectivity index (χ1v) is 8.85. The van der Waals surface area contributed by atoms with Crippen LogP contribution >= 0.6 is 15.9 Å². The normalized spacial score (nSPS) is 11.8. The highest BCUT2D eigenvalue weighted by molar-refractivity contribution is 9.10. The first kappa shape index (κ1) is 18.4. The first-order valence-electron chi connectivity index (χ1n) is 8.05. The zero-order chi connectivity index (χ0) is 17.4. The number of halogens is 1. The average Bonchev–Trinajstić information content (AvgIpc) is 2.57. The summed E-state index contributed by atoms with van der Waals surface area (Å²) < 4.78 is 5.90. The molecule has 0 fully saturated rings. The van der Waals surface area contributed by atoms with E-state index in [4.69, 9.17) is 4.74 Å². The Kier molecular flexibility index (Phi) is 7.19. The van der Waals surface area contributed by atoms with Gasteiger partial charge in [-0.05, 0) is 37.0 Å². The maximum absolute atomic E-state index is 12.6. The fourth-order valence-electron chi connectivity index (χ4n) is 2.63. The molecule has 0 N–H and O–H groups in total. The van der Waals surface area contributed by atoms with E-state index in [1.54, 1.807) is 6.92 Å². The minimum absolute atomic E-state index is 0.0759. The van der Waals surface area contributed by atoms with Crippen molar-refractivity contribution in [3.8, 4) is 0 Å².